The molecule has 9 heteroatoms. The predicted molar refractivity (Wildman–Crippen MR) is 93.8 cm³/mol. The van der Waals surface area contributed by atoms with Crippen LogP contribution in [0.15, 0.2) is 22.7 Å². The van der Waals surface area contributed by atoms with Crippen molar-refractivity contribution in [3.05, 3.63) is 38.3 Å². The van der Waals surface area contributed by atoms with Crippen LogP contribution in [0, 0.1) is 16.0 Å². The molecule has 1 atom stereocenters. The van der Waals surface area contributed by atoms with E-state index in [2.05, 4.69) is 32.1 Å². The van der Waals surface area contributed by atoms with Crippen molar-refractivity contribution < 1.29 is 9.72 Å². The molecule has 7 nitrogen and oxygen atoms in total. The number of hydrogen-bond donors (Lipinski definition) is 3. The van der Waals surface area contributed by atoms with Gasteiger partial charge in [-0.2, -0.15) is 0 Å². The average Bonchev–Trinajstić information content (AvgIpc) is 2.47. The van der Waals surface area contributed by atoms with Gasteiger partial charge in [0.1, 0.15) is 0 Å². The zero-order valence-corrected chi connectivity index (χ0v) is 14.9. The number of hydrogen-bond acceptors (Lipinski definition) is 4. The van der Waals surface area contributed by atoms with E-state index in [1.165, 1.54) is 12.1 Å². The normalized spacial score (nSPS) is 15.2. The molecule has 23 heavy (non-hydrogen) atoms. The minimum absolute atomic E-state index is 0.0368. The summed E-state index contributed by atoms with van der Waals surface area (Å²) in [5.74, 6) is -0.527. The summed E-state index contributed by atoms with van der Waals surface area (Å²) in [6.07, 6.45) is 2.91. The fourth-order valence-electron chi connectivity index (χ4n) is 2.55. The first-order chi connectivity index (χ1) is 10.9. The Kier molecular flexibility index (Phi) is 5.89. The number of nitro benzene ring substituents is 1. The van der Waals surface area contributed by atoms with Gasteiger partial charge in [0, 0.05) is 23.7 Å². The van der Waals surface area contributed by atoms with E-state index in [0.29, 0.717) is 15.1 Å². The molecule has 0 bridgehead atoms. The molecule has 124 valence electrons. The molecular weight excluding hydrogens is 384 g/mol. The standard InChI is InChI=1S/C14H17BrN4O3S/c1-16-14(23)18-17-13(20)12(8-3-2-4-8)9-5-10(15)7-11(6-9)19(21)22/h5-8,12H,2-4H2,1H3,(H,17,20)(H2,16,18,23). The molecular formula is C14H17BrN4O3S. The lowest BCUT2D eigenvalue weighted by Crippen LogP contribution is -2.48. The van der Waals surface area contributed by atoms with E-state index < -0.39 is 10.8 Å². The van der Waals surface area contributed by atoms with Gasteiger partial charge in [-0.25, -0.2) is 0 Å². The van der Waals surface area contributed by atoms with Crippen LogP contribution in [-0.2, 0) is 4.79 Å². The molecule has 1 aromatic carbocycles. The Hall–Kier alpha value is -1.74. The zero-order chi connectivity index (χ0) is 17.0. The maximum atomic E-state index is 12.5. The molecule has 0 aliphatic heterocycles. The average molecular weight is 401 g/mol. The number of nitrogens with one attached hydrogen (secondary N) is 3. The molecule has 1 aliphatic rings. The van der Waals surface area contributed by atoms with Crippen molar-refractivity contribution in [3.63, 3.8) is 0 Å². The number of halogens is 1. The van der Waals surface area contributed by atoms with Crippen LogP contribution in [0.1, 0.15) is 30.7 Å². The molecule has 1 saturated carbocycles. The quantitative estimate of drug-likeness (QED) is 0.407. The van der Waals surface area contributed by atoms with Crippen molar-refractivity contribution in [2.45, 2.75) is 25.2 Å². The lowest BCUT2D eigenvalue weighted by molar-refractivity contribution is -0.385. The fourth-order valence-corrected chi connectivity index (χ4v) is 3.10. The number of hydrazine groups is 1. The van der Waals surface area contributed by atoms with Gasteiger partial charge in [-0.15, -0.1) is 0 Å². The number of carbonyl (C=O) groups is 1. The Labute approximate surface area is 147 Å². The summed E-state index contributed by atoms with van der Waals surface area (Å²) in [6, 6.07) is 4.64. The van der Waals surface area contributed by atoms with Crippen LogP contribution in [0.25, 0.3) is 0 Å². The van der Waals surface area contributed by atoms with E-state index in [0.717, 1.165) is 19.3 Å². The third-order valence-electron chi connectivity index (χ3n) is 3.90. The lowest BCUT2D eigenvalue weighted by Gasteiger charge is -2.33. The Morgan fingerprint density at radius 3 is 2.61 bits per heavy atom. The van der Waals surface area contributed by atoms with Crippen LogP contribution in [0.2, 0.25) is 0 Å². The van der Waals surface area contributed by atoms with Gasteiger partial charge in [-0.1, -0.05) is 22.4 Å². The van der Waals surface area contributed by atoms with E-state index in [4.69, 9.17) is 12.2 Å². The number of benzene rings is 1. The highest BCUT2D eigenvalue weighted by Gasteiger charge is 2.35. The van der Waals surface area contributed by atoms with Gasteiger partial charge in [0.05, 0.1) is 10.8 Å². The number of nitro groups is 1. The monoisotopic (exact) mass is 400 g/mol. The SMILES string of the molecule is CNC(=S)NNC(=O)C(c1cc(Br)cc([N+](=O)[O-])c1)C1CCC1. The molecule has 0 aromatic heterocycles. The van der Waals surface area contributed by atoms with Crippen molar-refractivity contribution in [2.75, 3.05) is 7.05 Å². The number of non-ortho nitro benzene ring substituents is 1. The zero-order valence-electron chi connectivity index (χ0n) is 12.5. The Morgan fingerprint density at radius 1 is 1.39 bits per heavy atom. The van der Waals surface area contributed by atoms with E-state index >= 15 is 0 Å². The number of thiocarbonyl (C=S) groups is 1. The molecule has 3 N–H and O–H groups in total. The topological polar surface area (TPSA) is 96.3 Å². The fraction of sp³-hybridized carbons (Fsp3) is 0.429. The summed E-state index contributed by atoms with van der Waals surface area (Å²) in [7, 11) is 1.64. The van der Waals surface area contributed by atoms with Gasteiger partial charge < -0.3 is 5.32 Å². The van der Waals surface area contributed by atoms with Crippen LogP contribution in [0.4, 0.5) is 5.69 Å². The van der Waals surface area contributed by atoms with Gasteiger partial charge in [-0.05, 0) is 42.6 Å². The maximum absolute atomic E-state index is 12.5. The summed E-state index contributed by atoms with van der Waals surface area (Å²) in [6.45, 7) is 0. The van der Waals surface area contributed by atoms with Crippen LogP contribution in [0.5, 0.6) is 0 Å². The third kappa shape index (κ3) is 4.38. The summed E-state index contributed by atoms with van der Waals surface area (Å²) < 4.78 is 0.581. The Morgan fingerprint density at radius 2 is 2.09 bits per heavy atom. The van der Waals surface area contributed by atoms with Crippen molar-refractivity contribution in [1.82, 2.24) is 16.2 Å². The van der Waals surface area contributed by atoms with E-state index in [9.17, 15) is 14.9 Å². The smallest absolute Gasteiger partial charge is 0.270 e. The second kappa shape index (κ2) is 7.69. The predicted octanol–water partition coefficient (Wildman–Crippen LogP) is 2.37. The van der Waals surface area contributed by atoms with Gasteiger partial charge in [0.2, 0.25) is 5.91 Å². The molecule has 0 radical (unpaired) electrons. The molecule has 1 aliphatic carbocycles. The molecule has 0 heterocycles. The molecule has 1 amide bonds. The lowest BCUT2D eigenvalue weighted by atomic mass is 9.72. The van der Waals surface area contributed by atoms with Gasteiger partial charge in [0.15, 0.2) is 5.11 Å². The Balaban J connectivity index is 2.26. The van der Waals surface area contributed by atoms with Crippen molar-refractivity contribution in [2.24, 2.45) is 5.92 Å². The second-order valence-electron chi connectivity index (χ2n) is 5.36. The van der Waals surface area contributed by atoms with Crippen LogP contribution in [-0.4, -0.2) is 23.0 Å². The van der Waals surface area contributed by atoms with Crippen molar-refractivity contribution in [3.8, 4) is 0 Å². The number of carbonyl (C=O) groups excluding carboxylic acids is 1. The first kappa shape index (κ1) is 17.6. The summed E-state index contributed by atoms with van der Waals surface area (Å²) in [5.41, 5.74) is 5.78. The van der Waals surface area contributed by atoms with Crippen LogP contribution in [0.3, 0.4) is 0 Å². The van der Waals surface area contributed by atoms with Crippen molar-refractivity contribution >= 4 is 44.9 Å². The van der Waals surface area contributed by atoms with E-state index in [-0.39, 0.29) is 17.5 Å². The highest BCUT2D eigenvalue weighted by molar-refractivity contribution is 9.10. The highest BCUT2D eigenvalue weighted by atomic mass is 79.9. The maximum Gasteiger partial charge on any atom is 0.270 e. The number of amides is 1. The van der Waals surface area contributed by atoms with Gasteiger partial charge in [0.25, 0.3) is 5.69 Å². The first-order valence-corrected chi connectivity index (χ1v) is 8.35. The number of rotatable bonds is 4. The van der Waals surface area contributed by atoms with E-state index in [1.807, 2.05) is 0 Å². The third-order valence-corrected chi connectivity index (χ3v) is 4.67. The first-order valence-electron chi connectivity index (χ1n) is 7.15. The van der Waals surface area contributed by atoms with Gasteiger partial charge in [-0.3, -0.25) is 25.8 Å². The minimum atomic E-state index is -0.460. The molecule has 1 fully saturated rings. The van der Waals surface area contributed by atoms with Gasteiger partial charge >= 0.3 is 0 Å². The molecule has 2 rings (SSSR count). The molecule has 0 saturated heterocycles. The highest BCUT2D eigenvalue weighted by Crippen LogP contribution is 2.41. The molecule has 1 unspecified atom stereocenters. The van der Waals surface area contributed by atoms with Crippen molar-refractivity contribution in [1.29, 1.82) is 0 Å². The van der Waals surface area contributed by atoms with Crippen LogP contribution >= 0.6 is 28.1 Å². The minimum Gasteiger partial charge on any atom is -0.364 e. The molecule has 1 aromatic rings. The number of nitrogens with zero attached hydrogens (tertiary/aromatic N) is 1. The largest absolute Gasteiger partial charge is 0.364 e. The summed E-state index contributed by atoms with van der Waals surface area (Å²) in [4.78, 5) is 23.1. The summed E-state index contributed by atoms with van der Waals surface area (Å²) >= 11 is 8.21. The second-order valence-corrected chi connectivity index (χ2v) is 6.69. The van der Waals surface area contributed by atoms with Crippen LogP contribution < -0.4 is 16.2 Å². The summed E-state index contributed by atoms with van der Waals surface area (Å²) in [5, 5.41) is 14.0. The molecule has 0 spiro atoms. The van der Waals surface area contributed by atoms with E-state index in [1.54, 1.807) is 13.1 Å². The Bertz CT molecular complexity index is 636.